The van der Waals surface area contributed by atoms with E-state index in [2.05, 4.69) is 23.5 Å². The van der Waals surface area contributed by atoms with Crippen LogP contribution in [-0.4, -0.2) is 10.4 Å². The number of H-pyrrole nitrogens is 1. The van der Waals surface area contributed by atoms with Crippen LogP contribution in [0.5, 0.6) is 0 Å². The van der Waals surface area contributed by atoms with E-state index in [4.69, 9.17) is 23.2 Å². The fourth-order valence-electron chi connectivity index (χ4n) is 2.10. The number of hydrogen-bond donors (Lipinski definition) is 1. The number of para-hydroxylation sites is 1. The van der Waals surface area contributed by atoms with Gasteiger partial charge < -0.3 is 4.98 Å². The van der Waals surface area contributed by atoms with E-state index in [0.717, 1.165) is 17.6 Å². The molecule has 0 saturated heterocycles. The summed E-state index contributed by atoms with van der Waals surface area (Å²) in [6.07, 6.45) is 3.95. The molecule has 3 heteroatoms. The van der Waals surface area contributed by atoms with Crippen LogP contribution in [0.3, 0.4) is 0 Å². The van der Waals surface area contributed by atoms with Crippen LogP contribution in [0.1, 0.15) is 16.6 Å². The second-order valence-corrected chi connectivity index (χ2v) is 4.69. The third kappa shape index (κ3) is 1.37. The van der Waals surface area contributed by atoms with Crippen LogP contribution >= 0.6 is 23.2 Å². The minimum atomic E-state index is -0.202. The number of aromatic amines is 1. The lowest BCUT2D eigenvalue weighted by Gasteiger charge is -2.21. The maximum atomic E-state index is 6.24. The van der Waals surface area contributed by atoms with Gasteiger partial charge in [0.2, 0.25) is 0 Å². The van der Waals surface area contributed by atoms with Crippen molar-refractivity contribution in [2.75, 3.05) is 0 Å². The van der Waals surface area contributed by atoms with E-state index < -0.39 is 0 Å². The Balaban J connectivity index is 2.26. The number of alkyl halides is 2. The summed E-state index contributed by atoms with van der Waals surface area (Å²) >= 11 is 12.3. The van der Waals surface area contributed by atoms with Gasteiger partial charge in [-0.2, -0.15) is 0 Å². The van der Waals surface area contributed by atoms with Gasteiger partial charge in [-0.05, 0) is 18.1 Å². The molecule has 1 N–H and O–H groups in total. The number of fused-ring (bicyclic) bond motifs is 3. The molecule has 1 aliphatic rings. The zero-order valence-corrected chi connectivity index (χ0v) is 9.44. The molecule has 3 rings (SSSR count). The summed E-state index contributed by atoms with van der Waals surface area (Å²) in [5.41, 5.74) is 3.42. The Kier molecular flexibility index (Phi) is 2.18. The van der Waals surface area contributed by atoms with Gasteiger partial charge in [-0.15, -0.1) is 23.2 Å². The predicted octanol–water partition coefficient (Wildman–Crippen LogP) is 3.69. The zero-order chi connectivity index (χ0) is 10.4. The summed E-state index contributed by atoms with van der Waals surface area (Å²) in [5.74, 6) is 0. The number of halogens is 2. The Morgan fingerprint density at radius 1 is 1.27 bits per heavy atom. The number of rotatable bonds is 0. The zero-order valence-electron chi connectivity index (χ0n) is 7.93. The highest BCUT2D eigenvalue weighted by atomic mass is 35.5. The topological polar surface area (TPSA) is 15.8 Å². The lowest BCUT2D eigenvalue weighted by molar-refractivity contribution is 0.796. The van der Waals surface area contributed by atoms with E-state index in [1.165, 1.54) is 10.9 Å². The summed E-state index contributed by atoms with van der Waals surface area (Å²) < 4.78 is 0. The molecule has 1 aliphatic carbocycles. The highest BCUT2D eigenvalue weighted by Gasteiger charge is 2.29. The molecule has 0 fully saturated rings. The van der Waals surface area contributed by atoms with Gasteiger partial charge in [0.15, 0.2) is 0 Å². The first-order chi connectivity index (χ1) is 7.27. The van der Waals surface area contributed by atoms with E-state index >= 15 is 0 Å². The van der Waals surface area contributed by atoms with Crippen LogP contribution < -0.4 is 0 Å². The second-order valence-electron chi connectivity index (χ2n) is 3.75. The smallest absolute Gasteiger partial charge is 0.0907 e. The largest absolute Gasteiger partial charge is 0.357 e. The van der Waals surface area contributed by atoms with Crippen LogP contribution in [0, 0.1) is 6.42 Å². The molecule has 15 heavy (non-hydrogen) atoms. The monoisotopic (exact) mass is 237 g/mol. The summed E-state index contributed by atoms with van der Waals surface area (Å²) in [4.78, 5) is 3.34. The van der Waals surface area contributed by atoms with Gasteiger partial charge in [0, 0.05) is 23.0 Å². The van der Waals surface area contributed by atoms with Crippen LogP contribution in [-0.2, 0) is 6.42 Å². The van der Waals surface area contributed by atoms with Crippen molar-refractivity contribution in [1.29, 1.82) is 0 Å². The number of nitrogens with one attached hydrogen (secondary N) is 1. The molecule has 1 heterocycles. The Hall–Kier alpha value is -0.660. The molecule has 2 unspecified atom stereocenters. The molecule has 1 nitrogen and oxygen atoms in total. The lowest BCUT2D eigenvalue weighted by atomic mass is 9.95. The fraction of sp³-hybridized carbons (Fsp3) is 0.250. The molecule has 0 bridgehead atoms. The first-order valence-electron chi connectivity index (χ1n) is 4.88. The quantitative estimate of drug-likeness (QED) is 0.673. The fourth-order valence-corrected chi connectivity index (χ4v) is 2.57. The first-order valence-corrected chi connectivity index (χ1v) is 5.75. The van der Waals surface area contributed by atoms with Gasteiger partial charge >= 0.3 is 0 Å². The standard InChI is InChI=1S/C12H9Cl2N/c13-9-6-5-8-7-3-1-2-4-10(7)15-12(8)11(9)14/h1-4,9,11,15H,5H2. The Labute approximate surface area is 98.4 Å². The van der Waals surface area contributed by atoms with E-state index in [9.17, 15) is 0 Å². The van der Waals surface area contributed by atoms with Gasteiger partial charge in [-0.3, -0.25) is 0 Å². The van der Waals surface area contributed by atoms with Crippen LogP contribution in [0.2, 0.25) is 0 Å². The van der Waals surface area contributed by atoms with E-state index in [1.807, 2.05) is 12.1 Å². The molecule has 2 aromatic rings. The maximum Gasteiger partial charge on any atom is 0.0907 e. The van der Waals surface area contributed by atoms with Gasteiger partial charge in [-0.25, -0.2) is 0 Å². The molecule has 0 spiro atoms. The number of benzene rings is 1. The third-order valence-electron chi connectivity index (χ3n) is 2.85. The van der Waals surface area contributed by atoms with E-state index in [1.54, 1.807) is 0 Å². The van der Waals surface area contributed by atoms with Crippen molar-refractivity contribution in [3.63, 3.8) is 0 Å². The molecule has 2 atom stereocenters. The predicted molar refractivity (Wildman–Crippen MR) is 63.5 cm³/mol. The molecule has 0 amide bonds. The van der Waals surface area contributed by atoms with Gasteiger partial charge in [0.1, 0.15) is 0 Å². The molecule has 1 aromatic carbocycles. The summed E-state index contributed by atoms with van der Waals surface area (Å²) in [7, 11) is 0. The number of hydrogen-bond acceptors (Lipinski definition) is 0. The Morgan fingerprint density at radius 3 is 2.93 bits per heavy atom. The highest BCUT2D eigenvalue weighted by Crippen LogP contribution is 2.40. The SMILES string of the molecule is ClC1[C]Cc2c([nH]c3ccccc23)C1Cl. The lowest BCUT2D eigenvalue weighted by Crippen LogP contribution is -2.17. The summed E-state index contributed by atoms with van der Waals surface area (Å²) in [6, 6.07) is 8.20. The van der Waals surface area contributed by atoms with Crippen molar-refractivity contribution in [3.05, 3.63) is 41.9 Å². The molecule has 2 radical (unpaired) electrons. The molecule has 1 aromatic heterocycles. The molecule has 0 saturated carbocycles. The van der Waals surface area contributed by atoms with Crippen molar-refractivity contribution in [1.82, 2.24) is 4.98 Å². The minimum Gasteiger partial charge on any atom is -0.357 e. The van der Waals surface area contributed by atoms with Crippen LogP contribution in [0.25, 0.3) is 10.9 Å². The van der Waals surface area contributed by atoms with Crippen molar-refractivity contribution in [2.24, 2.45) is 0 Å². The molecule has 0 aliphatic heterocycles. The summed E-state index contributed by atoms with van der Waals surface area (Å²) in [5, 5.41) is 0.837. The summed E-state index contributed by atoms with van der Waals surface area (Å²) in [6.45, 7) is 0. The average molecular weight is 238 g/mol. The maximum absolute atomic E-state index is 6.24. The van der Waals surface area contributed by atoms with E-state index in [-0.39, 0.29) is 10.8 Å². The second kappa shape index (κ2) is 3.43. The molecular weight excluding hydrogens is 229 g/mol. The van der Waals surface area contributed by atoms with Gasteiger partial charge in [0.05, 0.1) is 10.8 Å². The Bertz CT molecular complexity index is 503. The van der Waals surface area contributed by atoms with Crippen molar-refractivity contribution in [2.45, 2.75) is 17.2 Å². The number of aromatic nitrogens is 1. The van der Waals surface area contributed by atoms with Gasteiger partial charge in [-0.1, -0.05) is 18.2 Å². The van der Waals surface area contributed by atoms with Crippen molar-refractivity contribution >= 4 is 34.1 Å². The van der Waals surface area contributed by atoms with Crippen LogP contribution in [0.15, 0.2) is 24.3 Å². The highest BCUT2D eigenvalue weighted by molar-refractivity contribution is 6.31. The third-order valence-corrected chi connectivity index (χ3v) is 3.86. The molecule has 76 valence electrons. The molecular formula is C12H9Cl2N. The van der Waals surface area contributed by atoms with Crippen LogP contribution in [0.4, 0.5) is 0 Å². The first kappa shape index (κ1) is 9.56. The van der Waals surface area contributed by atoms with E-state index in [0.29, 0.717) is 0 Å². The van der Waals surface area contributed by atoms with Gasteiger partial charge in [0.25, 0.3) is 0 Å². The van der Waals surface area contributed by atoms with Crippen molar-refractivity contribution < 1.29 is 0 Å². The van der Waals surface area contributed by atoms with Crippen molar-refractivity contribution in [3.8, 4) is 0 Å². The average Bonchev–Trinajstić information content (AvgIpc) is 2.63. The normalized spacial score (nSPS) is 25.5. The Morgan fingerprint density at radius 2 is 2.07 bits per heavy atom. The minimum absolute atomic E-state index is 0.192.